The maximum atomic E-state index is 11.6. The molecule has 0 heterocycles. The van der Waals surface area contributed by atoms with Gasteiger partial charge in [0, 0.05) is 18.2 Å². The minimum Gasteiger partial charge on any atom is -0.482 e. The lowest BCUT2D eigenvalue weighted by molar-refractivity contribution is -0.139. The number of hydrogen-bond acceptors (Lipinski definition) is 4. The van der Waals surface area contributed by atoms with Gasteiger partial charge in [0.15, 0.2) is 6.61 Å². The number of aliphatic carboxylic acids is 1. The third-order valence-corrected chi connectivity index (χ3v) is 2.47. The van der Waals surface area contributed by atoms with Crippen LogP contribution in [0.2, 0.25) is 0 Å². The molecule has 0 saturated heterocycles. The molecule has 19 heavy (non-hydrogen) atoms. The Balaban J connectivity index is 2.47. The first-order chi connectivity index (χ1) is 9.01. The molecule has 104 valence electrons. The average molecular weight is 266 g/mol. The molecule has 1 rings (SSSR count). The van der Waals surface area contributed by atoms with Crippen molar-refractivity contribution in [2.24, 2.45) is 5.73 Å². The highest BCUT2D eigenvalue weighted by Gasteiger charge is 2.08. The Bertz CT molecular complexity index is 431. The molecule has 0 bridgehead atoms. The van der Waals surface area contributed by atoms with Gasteiger partial charge >= 0.3 is 5.97 Å². The zero-order valence-electron chi connectivity index (χ0n) is 10.8. The van der Waals surface area contributed by atoms with E-state index in [1.165, 1.54) is 0 Å². The summed E-state index contributed by atoms with van der Waals surface area (Å²) in [5.41, 5.74) is 6.30. The fraction of sp³-hybridized carbons (Fsp3) is 0.385. The molecule has 0 saturated carbocycles. The normalized spacial score (nSPS) is 11.7. The van der Waals surface area contributed by atoms with Gasteiger partial charge in [0.1, 0.15) is 5.75 Å². The molecule has 0 aromatic heterocycles. The molecular weight excluding hydrogens is 248 g/mol. The second-order valence-corrected chi connectivity index (χ2v) is 4.13. The SMILES string of the molecule is CCC(N)CC(=O)Nc1ccc(OCC(=O)O)cc1. The number of carbonyl (C=O) groups is 2. The van der Waals surface area contributed by atoms with E-state index < -0.39 is 12.6 Å². The van der Waals surface area contributed by atoms with Crippen LogP contribution in [-0.4, -0.2) is 29.6 Å². The molecule has 0 fully saturated rings. The summed E-state index contributed by atoms with van der Waals surface area (Å²) < 4.78 is 4.98. The number of rotatable bonds is 7. The van der Waals surface area contributed by atoms with E-state index in [9.17, 15) is 9.59 Å². The van der Waals surface area contributed by atoms with Gasteiger partial charge in [0.05, 0.1) is 0 Å². The van der Waals surface area contributed by atoms with Gasteiger partial charge in [-0.05, 0) is 30.7 Å². The van der Waals surface area contributed by atoms with Crippen molar-refractivity contribution in [3.8, 4) is 5.75 Å². The zero-order valence-corrected chi connectivity index (χ0v) is 10.8. The van der Waals surface area contributed by atoms with Crippen molar-refractivity contribution in [2.45, 2.75) is 25.8 Å². The molecule has 1 aromatic carbocycles. The van der Waals surface area contributed by atoms with Crippen LogP contribution in [0.15, 0.2) is 24.3 Å². The maximum Gasteiger partial charge on any atom is 0.341 e. The van der Waals surface area contributed by atoms with Gasteiger partial charge in [-0.25, -0.2) is 4.79 Å². The molecule has 0 spiro atoms. The van der Waals surface area contributed by atoms with Crippen LogP contribution in [0.5, 0.6) is 5.75 Å². The summed E-state index contributed by atoms with van der Waals surface area (Å²) in [5.74, 6) is -0.745. The molecule has 1 aromatic rings. The summed E-state index contributed by atoms with van der Waals surface area (Å²) in [4.78, 5) is 21.9. The number of benzene rings is 1. The van der Waals surface area contributed by atoms with Crippen molar-refractivity contribution in [1.29, 1.82) is 0 Å². The molecule has 0 radical (unpaired) electrons. The number of ether oxygens (including phenoxy) is 1. The number of nitrogens with one attached hydrogen (secondary N) is 1. The Morgan fingerprint density at radius 1 is 1.37 bits per heavy atom. The smallest absolute Gasteiger partial charge is 0.341 e. The predicted octanol–water partition coefficient (Wildman–Crippen LogP) is 1.22. The first-order valence-corrected chi connectivity index (χ1v) is 6.01. The lowest BCUT2D eigenvalue weighted by atomic mass is 10.1. The first kappa shape index (κ1) is 15.0. The third kappa shape index (κ3) is 5.87. The highest BCUT2D eigenvalue weighted by molar-refractivity contribution is 5.91. The van der Waals surface area contributed by atoms with Crippen LogP contribution in [0, 0.1) is 0 Å². The number of anilines is 1. The molecule has 1 unspecified atom stereocenters. The average Bonchev–Trinajstić information content (AvgIpc) is 2.37. The zero-order chi connectivity index (χ0) is 14.3. The molecule has 1 atom stereocenters. The van der Waals surface area contributed by atoms with E-state index >= 15 is 0 Å². The third-order valence-electron chi connectivity index (χ3n) is 2.47. The highest BCUT2D eigenvalue weighted by atomic mass is 16.5. The Morgan fingerprint density at radius 2 is 2.00 bits per heavy atom. The summed E-state index contributed by atoms with van der Waals surface area (Å²) in [6, 6.07) is 6.34. The summed E-state index contributed by atoms with van der Waals surface area (Å²) in [7, 11) is 0. The number of carboxylic acid groups (broad SMARTS) is 1. The van der Waals surface area contributed by atoms with Crippen molar-refractivity contribution in [2.75, 3.05) is 11.9 Å². The van der Waals surface area contributed by atoms with Crippen molar-refractivity contribution < 1.29 is 19.4 Å². The second-order valence-electron chi connectivity index (χ2n) is 4.13. The van der Waals surface area contributed by atoms with Gasteiger partial charge in [0.25, 0.3) is 0 Å². The number of amides is 1. The molecule has 6 heteroatoms. The van der Waals surface area contributed by atoms with E-state index in [0.29, 0.717) is 11.4 Å². The predicted molar refractivity (Wildman–Crippen MR) is 71.1 cm³/mol. The Kier molecular flexibility index (Phi) is 5.81. The van der Waals surface area contributed by atoms with Crippen molar-refractivity contribution in [1.82, 2.24) is 0 Å². The van der Waals surface area contributed by atoms with E-state index in [2.05, 4.69) is 5.32 Å². The fourth-order valence-corrected chi connectivity index (χ4v) is 1.37. The Morgan fingerprint density at radius 3 is 2.53 bits per heavy atom. The van der Waals surface area contributed by atoms with Crippen molar-refractivity contribution in [3.05, 3.63) is 24.3 Å². The van der Waals surface area contributed by atoms with Gasteiger partial charge < -0.3 is 20.9 Å². The van der Waals surface area contributed by atoms with Crippen molar-refractivity contribution in [3.63, 3.8) is 0 Å². The monoisotopic (exact) mass is 266 g/mol. The van der Waals surface area contributed by atoms with Gasteiger partial charge in [-0.1, -0.05) is 6.92 Å². The number of hydrogen-bond donors (Lipinski definition) is 3. The van der Waals surface area contributed by atoms with Crippen LogP contribution in [0.1, 0.15) is 19.8 Å². The lowest BCUT2D eigenvalue weighted by Gasteiger charge is -2.10. The van der Waals surface area contributed by atoms with Crippen LogP contribution in [0.25, 0.3) is 0 Å². The summed E-state index contributed by atoms with van der Waals surface area (Å²) in [5, 5.41) is 11.2. The minimum absolute atomic E-state index is 0.141. The molecule has 4 N–H and O–H groups in total. The van der Waals surface area contributed by atoms with Crippen molar-refractivity contribution >= 4 is 17.6 Å². The fourth-order valence-electron chi connectivity index (χ4n) is 1.37. The molecule has 1 amide bonds. The van der Waals surface area contributed by atoms with E-state index in [0.717, 1.165) is 6.42 Å². The molecular formula is C13H18N2O4. The molecule has 0 aliphatic heterocycles. The van der Waals surface area contributed by atoms with Gasteiger partial charge in [-0.15, -0.1) is 0 Å². The van der Waals surface area contributed by atoms with Crippen LogP contribution in [-0.2, 0) is 9.59 Å². The maximum absolute atomic E-state index is 11.6. The van der Waals surface area contributed by atoms with Gasteiger partial charge in [-0.2, -0.15) is 0 Å². The van der Waals surface area contributed by atoms with Gasteiger partial charge in [-0.3, -0.25) is 4.79 Å². The minimum atomic E-state index is -1.04. The van der Waals surface area contributed by atoms with E-state index in [4.69, 9.17) is 15.6 Å². The van der Waals surface area contributed by atoms with E-state index in [1.54, 1.807) is 24.3 Å². The van der Waals surface area contributed by atoms with E-state index in [1.807, 2.05) is 6.92 Å². The van der Waals surface area contributed by atoms with Crippen LogP contribution >= 0.6 is 0 Å². The number of carboxylic acids is 1. The number of carbonyl (C=O) groups excluding carboxylic acids is 1. The van der Waals surface area contributed by atoms with Crippen LogP contribution in [0.4, 0.5) is 5.69 Å². The summed E-state index contributed by atoms with van der Waals surface area (Å²) >= 11 is 0. The number of nitrogens with two attached hydrogens (primary N) is 1. The Labute approximate surface area is 111 Å². The molecule has 0 aliphatic rings. The van der Waals surface area contributed by atoms with Crippen LogP contribution < -0.4 is 15.8 Å². The highest BCUT2D eigenvalue weighted by Crippen LogP contribution is 2.16. The van der Waals surface area contributed by atoms with Gasteiger partial charge in [0.2, 0.25) is 5.91 Å². The quantitative estimate of drug-likeness (QED) is 0.688. The van der Waals surface area contributed by atoms with Crippen LogP contribution in [0.3, 0.4) is 0 Å². The standard InChI is InChI=1S/C13H18N2O4/c1-2-9(14)7-12(16)15-10-3-5-11(6-4-10)19-8-13(17)18/h3-6,9H,2,7-8,14H2,1H3,(H,15,16)(H,17,18). The lowest BCUT2D eigenvalue weighted by Crippen LogP contribution is -2.26. The first-order valence-electron chi connectivity index (χ1n) is 6.01. The summed E-state index contributed by atoms with van der Waals surface area (Å²) in [6.07, 6.45) is 1.02. The summed E-state index contributed by atoms with van der Waals surface area (Å²) in [6.45, 7) is 1.53. The Hall–Kier alpha value is -2.08. The topological polar surface area (TPSA) is 102 Å². The largest absolute Gasteiger partial charge is 0.482 e. The second kappa shape index (κ2) is 7.38. The van der Waals surface area contributed by atoms with E-state index in [-0.39, 0.29) is 18.4 Å². The molecule has 6 nitrogen and oxygen atoms in total. The molecule has 0 aliphatic carbocycles.